The zero-order valence-electron chi connectivity index (χ0n) is 11.1. The van der Waals surface area contributed by atoms with Gasteiger partial charge in [0, 0.05) is 6.42 Å². The summed E-state index contributed by atoms with van der Waals surface area (Å²) < 4.78 is 16.6. The molecule has 0 saturated carbocycles. The van der Waals surface area contributed by atoms with Crippen LogP contribution in [0.1, 0.15) is 26.7 Å². The number of hydroxylamine groups is 2. The van der Waals surface area contributed by atoms with Gasteiger partial charge in [0.15, 0.2) is 11.9 Å². The molecule has 106 valence electrons. The van der Waals surface area contributed by atoms with Gasteiger partial charge in [0.25, 0.3) is 5.91 Å². The van der Waals surface area contributed by atoms with Crippen molar-refractivity contribution in [3.8, 4) is 0 Å². The molecule has 3 rings (SSSR count). The van der Waals surface area contributed by atoms with Crippen LogP contribution < -0.4 is 0 Å². The van der Waals surface area contributed by atoms with Gasteiger partial charge in [0.1, 0.15) is 18.2 Å². The summed E-state index contributed by atoms with van der Waals surface area (Å²) >= 11 is 0. The first-order valence-corrected chi connectivity index (χ1v) is 6.35. The number of amides is 1. The third kappa shape index (κ3) is 1.92. The van der Waals surface area contributed by atoms with Crippen LogP contribution in [0, 0.1) is 0 Å². The molecule has 3 aliphatic heterocycles. The summed E-state index contributed by atoms with van der Waals surface area (Å²) in [5, 5.41) is 1.22. The lowest BCUT2D eigenvalue weighted by Crippen LogP contribution is -2.47. The summed E-state index contributed by atoms with van der Waals surface area (Å²) in [6.45, 7) is 3.51. The molecule has 0 unspecified atom stereocenters. The van der Waals surface area contributed by atoms with Crippen LogP contribution in [0.5, 0.6) is 0 Å². The molecule has 0 aromatic carbocycles. The number of ether oxygens (including phenoxy) is 3. The number of nitrogens with zero attached hydrogens (tertiary/aromatic N) is 1. The molecular formula is C12H17NO6. The second-order valence-corrected chi connectivity index (χ2v) is 5.42. The van der Waals surface area contributed by atoms with Crippen LogP contribution in [0.4, 0.5) is 0 Å². The highest BCUT2D eigenvalue weighted by Gasteiger charge is 2.61. The molecule has 0 spiro atoms. The second kappa shape index (κ2) is 4.16. The molecule has 19 heavy (non-hydrogen) atoms. The number of hydrogen-bond acceptors (Lipinski definition) is 6. The molecule has 7 heteroatoms. The molecule has 3 heterocycles. The lowest BCUT2D eigenvalue weighted by atomic mass is 10.0. The summed E-state index contributed by atoms with van der Waals surface area (Å²) in [5.41, 5.74) is 0. The smallest absolute Gasteiger partial charge is 0.306 e. The average molecular weight is 271 g/mol. The van der Waals surface area contributed by atoms with Crippen LogP contribution in [-0.2, 0) is 28.6 Å². The Morgan fingerprint density at radius 3 is 2.63 bits per heavy atom. The van der Waals surface area contributed by atoms with Crippen LogP contribution in [0.3, 0.4) is 0 Å². The van der Waals surface area contributed by atoms with Gasteiger partial charge in [-0.15, -0.1) is 0 Å². The van der Waals surface area contributed by atoms with Gasteiger partial charge in [-0.2, -0.15) is 0 Å². The zero-order chi connectivity index (χ0) is 13.8. The van der Waals surface area contributed by atoms with E-state index in [1.807, 2.05) is 0 Å². The summed E-state index contributed by atoms with van der Waals surface area (Å²) in [6.07, 6.45) is -0.653. The SMILES string of the molecule is CON1C(=O)[C@H]2OC(C)(C)O[C@H]2[C@H]1[C@H]1CCC(=O)O1. The molecule has 0 aromatic rings. The molecule has 4 atom stereocenters. The standard InChI is InChI=1S/C12H17NO6/c1-12(2)18-9-8(6-4-5-7(14)17-6)13(16-3)11(15)10(9)19-12/h6,8-10H,4-5H2,1-3H3/t6-,8-,9+,10+/m1/s1. The first-order valence-electron chi connectivity index (χ1n) is 6.35. The predicted octanol–water partition coefficient (Wildman–Crippen LogP) is -0.0157. The van der Waals surface area contributed by atoms with E-state index in [0.717, 1.165) is 0 Å². The third-order valence-corrected chi connectivity index (χ3v) is 3.69. The van der Waals surface area contributed by atoms with E-state index >= 15 is 0 Å². The van der Waals surface area contributed by atoms with Gasteiger partial charge in [0.05, 0.1) is 7.11 Å². The van der Waals surface area contributed by atoms with E-state index in [-0.39, 0.29) is 11.9 Å². The normalized spacial score (nSPS) is 40.7. The maximum Gasteiger partial charge on any atom is 0.306 e. The van der Waals surface area contributed by atoms with E-state index in [1.54, 1.807) is 13.8 Å². The Morgan fingerprint density at radius 2 is 2.05 bits per heavy atom. The number of rotatable bonds is 2. The van der Waals surface area contributed by atoms with Crippen molar-refractivity contribution in [3.05, 3.63) is 0 Å². The molecule has 3 saturated heterocycles. The average Bonchev–Trinajstić information content (AvgIpc) is 2.94. The van der Waals surface area contributed by atoms with Gasteiger partial charge in [-0.1, -0.05) is 0 Å². The van der Waals surface area contributed by atoms with Crippen LogP contribution in [0.25, 0.3) is 0 Å². The van der Waals surface area contributed by atoms with E-state index in [0.29, 0.717) is 12.8 Å². The largest absolute Gasteiger partial charge is 0.460 e. The summed E-state index contributed by atoms with van der Waals surface area (Å²) in [4.78, 5) is 28.6. The van der Waals surface area contributed by atoms with Crippen LogP contribution in [-0.4, -0.2) is 54.2 Å². The van der Waals surface area contributed by atoms with Gasteiger partial charge >= 0.3 is 5.97 Å². The molecule has 3 aliphatic rings. The van der Waals surface area contributed by atoms with E-state index in [1.165, 1.54) is 12.2 Å². The Kier molecular flexibility index (Phi) is 2.81. The monoisotopic (exact) mass is 271 g/mol. The summed E-state index contributed by atoms with van der Waals surface area (Å²) in [7, 11) is 1.41. The Morgan fingerprint density at radius 1 is 1.32 bits per heavy atom. The fourth-order valence-electron chi connectivity index (χ4n) is 3.00. The van der Waals surface area contributed by atoms with Crippen molar-refractivity contribution in [2.45, 2.75) is 56.8 Å². The first-order chi connectivity index (χ1) is 8.93. The van der Waals surface area contributed by atoms with E-state index in [4.69, 9.17) is 19.0 Å². The van der Waals surface area contributed by atoms with Gasteiger partial charge in [0.2, 0.25) is 0 Å². The lowest BCUT2D eigenvalue weighted by molar-refractivity contribution is -0.223. The summed E-state index contributed by atoms with van der Waals surface area (Å²) in [5.74, 6) is -1.35. The first kappa shape index (κ1) is 12.8. The highest BCUT2D eigenvalue weighted by molar-refractivity contribution is 5.84. The maximum atomic E-state index is 12.2. The van der Waals surface area contributed by atoms with Gasteiger partial charge in [-0.25, -0.2) is 5.06 Å². The highest BCUT2D eigenvalue weighted by Crippen LogP contribution is 2.40. The number of carbonyl (C=O) groups excluding carboxylic acids is 2. The van der Waals surface area contributed by atoms with E-state index in [2.05, 4.69) is 0 Å². The third-order valence-electron chi connectivity index (χ3n) is 3.69. The number of esters is 1. The van der Waals surface area contributed by atoms with Crippen LogP contribution in [0.15, 0.2) is 0 Å². The molecule has 3 fully saturated rings. The fraction of sp³-hybridized carbons (Fsp3) is 0.833. The van der Waals surface area contributed by atoms with Gasteiger partial charge in [-0.3, -0.25) is 14.4 Å². The Balaban J connectivity index is 1.87. The van der Waals surface area contributed by atoms with Crippen molar-refractivity contribution in [2.24, 2.45) is 0 Å². The summed E-state index contributed by atoms with van der Waals surface area (Å²) in [6, 6.07) is -0.448. The minimum atomic E-state index is -0.814. The molecule has 0 aromatic heterocycles. The maximum absolute atomic E-state index is 12.2. The molecule has 0 radical (unpaired) electrons. The molecule has 1 amide bonds. The van der Waals surface area contributed by atoms with E-state index in [9.17, 15) is 9.59 Å². The zero-order valence-corrected chi connectivity index (χ0v) is 11.1. The fourth-order valence-corrected chi connectivity index (χ4v) is 3.00. The Hall–Kier alpha value is -1.18. The Bertz CT molecular complexity index is 422. The predicted molar refractivity (Wildman–Crippen MR) is 60.6 cm³/mol. The van der Waals surface area contributed by atoms with Crippen molar-refractivity contribution in [1.82, 2.24) is 5.06 Å². The van der Waals surface area contributed by atoms with Crippen molar-refractivity contribution in [1.29, 1.82) is 0 Å². The molecule has 7 nitrogen and oxygen atoms in total. The lowest BCUT2D eigenvalue weighted by Gasteiger charge is -2.30. The number of hydrogen-bond donors (Lipinski definition) is 0. The molecule has 0 aliphatic carbocycles. The van der Waals surface area contributed by atoms with Crippen molar-refractivity contribution >= 4 is 11.9 Å². The van der Waals surface area contributed by atoms with Gasteiger partial charge in [-0.05, 0) is 20.3 Å². The minimum absolute atomic E-state index is 0.255. The molecular weight excluding hydrogens is 254 g/mol. The minimum Gasteiger partial charge on any atom is -0.460 e. The number of cyclic esters (lactones) is 1. The molecule has 0 bridgehead atoms. The highest BCUT2D eigenvalue weighted by atomic mass is 16.8. The number of fused-ring (bicyclic) bond motifs is 1. The van der Waals surface area contributed by atoms with Crippen LogP contribution >= 0.6 is 0 Å². The quantitative estimate of drug-likeness (QED) is 0.657. The Labute approximate surface area is 110 Å². The number of carbonyl (C=O) groups is 2. The van der Waals surface area contributed by atoms with Crippen molar-refractivity contribution in [3.63, 3.8) is 0 Å². The van der Waals surface area contributed by atoms with Crippen molar-refractivity contribution < 1.29 is 28.6 Å². The topological polar surface area (TPSA) is 74.3 Å². The van der Waals surface area contributed by atoms with Gasteiger partial charge < -0.3 is 14.2 Å². The van der Waals surface area contributed by atoms with Crippen molar-refractivity contribution in [2.75, 3.05) is 7.11 Å². The van der Waals surface area contributed by atoms with E-state index < -0.39 is 30.1 Å². The van der Waals surface area contributed by atoms with Crippen LogP contribution in [0.2, 0.25) is 0 Å². The second-order valence-electron chi connectivity index (χ2n) is 5.42. The molecule has 0 N–H and O–H groups in total.